The fourth-order valence-electron chi connectivity index (χ4n) is 2.38. The Morgan fingerprint density at radius 2 is 2.35 bits per heavy atom. The van der Waals surface area contributed by atoms with Crippen molar-refractivity contribution >= 4 is 5.69 Å². The van der Waals surface area contributed by atoms with Gasteiger partial charge in [0.1, 0.15) is 5.82 Å². The van der Waals surface area contributed by atoms with Crippen molar-refractivity contribution in [3.05, 3.63) is 24.0 Å². The Balaban J connectivity index is 1.80. The first-order valence-corrected chi connectivity index (χ1v) is 6.63. The molecule has 106 valence electrons. The molecule has 1 aliphatic rings. The Labute approximate surface area is 115 Å². The monoisotopic (exact) mass is 277 g/mol. The topological polar surface area (TPSA) is 78.9 Å². The molecule has 20 heavy (non-hydrogen) atoms. The van der Waals surface area contributed by atoms with E-state index in [1.54, 1.807) is 10.7 Å². The van der Waals surface area contributed by atoms with Crippen LogP contribution in [-0.2, 0) is 11.3 Å². The van der Waals surface area contributed by atoms with Crippen molar-refractivity contribution in [1.82, 2.24) is 20.2 Å². The second-order valence-electron chi connectivity index (χ2n) is 4.98. The van der Waals surface area contributed by atoms with Gasteiger partial charge >= 0.3 is 0 Å². The molecule has 7 heteroatoms. The zero-order valence-corrected chi connectivity index (χ0v) is 11.0. The Morgan fingerprint density at radius 3 is 3.15 bits per heavy atom. The van der Waals surface area contributed by atoms with E-state index in [1.165, 1.54) is 12.1 Å². The molecule has 1 aromatic carbocycles. The van der Waals surface area contributed by atoms with Crippen LogP contribution < -0.4 is 5.73 Å². The van der Waals surface area contributed by atoms with Crippen LogP contribution in [0.1, 0.15) is 12.8 Å². The number of anilines is 1. The maximum atomic E-state index is 13.9. The third kappa shape index (κ3) is 2.62. The van der Waals surface area contributed by atoms with Crippen LogP contribution in [0.2, 0.25) is 0 Å². The molecule has 0 radical (unpaired) electrons. The molecule has 1 aliphatic heterocycles. The summed E-state index contributed by atoms with van der Waals surface area (Å²) in [5.41, 5.74) is 6.51. The van der Waals surface area contributed by atoms with Gasteiger partial charge in [-0.1, -0.05) is 0 Å². The number of tetrazole rings is 1. The third-order valence-electron chi connectivity index (χ3n) is 3.54. The number of aryl methyl sites for hydroxylation is 1. The highest BCUT2D eigenvalue weighted by atomic mass is 19.1. The minimum atomic E-state index is -0.376. The van der Waals surface area contributed by atoms with Crippen LogP contribution in [0.4, 0.5) is 10.1 Å². The first-order valence-electron chi connectivity index (χ1n) is 6.63. The first kappa shape index (κ1) is 13.0. The lowest BCUT2D eigenvalue weighted by molar-refractivity contribution is 0.183. The summed E-state index contributed by atoms with van der Waals surface area (Å²) in [6.45, 7) is 2.24. The van der Waals surface area contributed by atoms with Gasteiger partial charge in [-0.15, -0.1) is 5.10 Å². The zero-order chi connectivity index (χ0) is 13.9. The van der Waals surface area contributed by atoms with Gasteiger partial charge in [-0.3, -0.25) is 0 Å². The second kappa shape index (κ2) is 5.54. The quantitative estimate of drug-likeness (QED) is 0.856. The van der Waals surface area contributed by atoms with Gasteiger partial charge in [0.2, 0.25) is 0 Å². The van der Waals surface area contributed by atoms with E-state index in [1.807, 2.05) is 0 Å². The SMILES string of the molecule is Nc1ccc(F)c(-c2nnnn2CCC2CCOC2)c1. The average Bonchev–Trinajstić information content (AvgIpc) is 3.09. The van der Waals surface area contributed by atoms with Crippen LogP contribution >= 0.6 is 0 Å². The highest BCUT2D eigenvalue weighted by molar-refractivity contribution is 5.61. The number of hydrogen-bond donors (Lipinski definition) is 1. The van der Waals surface area contributed by atoms with E-state index in [0.29, 0.717) is 29.5 Å². The van der Waals surface area contributed by atoms with E-state index in [9.17, 15) is 4.39 Å². The molecule has 1 aromatic heterocycles. The van der Waals surface area contributed by atoms with Gasteiger partial charge in [-0.25, -0.2) is 9.07 Å². The van der Waals surface area contributed by atoms with Gasteiger partial charge < -0.3 is 10.5 Å². The molecular weight excluding hydrogens is 261 g/mol. The van der Waals surface area contributed by atoms with E-state index in [0.717, 1.165) is 26.1 Å². The van der Waals surface area contributed by atoms with Gasteiger partial charge in [0, 0.05) is 25.4 Å². The molecule has 0 saturated carbocycles. The van der Waals surface area contributed by atoms with Crippen molar-refractivity contribution in [3.8, 4) is 11.4 Å². The van der Waals surface area contributed by atoms with Crippen LogP contribution in [0, 0.1) is 11.7 Å². The third-order valence-corrected chi connectivity index (χ3v) is 3.54. The van der Waals surface area contributed by atoms with Crippen molar-refractivity contribution in [1.29, 1.82) is 0 Å². The van der Waals surface area contributed by atoms with Crippen molar-refractivity contribution < 1.29 is 9.13 Å². The van der Waals surface area contributed by atoms with Gasteiger partial charge in [0.05, 0.1) is 5.56 Å². The summed E-state index contributed by atoms with van der Waals surface area (Å²) < 4.78 is 20.8. The summed E-state index contributed by atoms with van der Waals surface area (Å²) in [7, 11) is 0. The first-order chi connectivity index (χ1) is 9.74. The Hall–Kier alpha value is -2.02. The number of aromatic nitrogens is 4. The molecule has 1 atom stereocenters. The number of benzene rings is 1. The summed E-state index contributed by atoms with van der Waals surface area (Å²) in [4.78, 5) is 0. The van der Waals surface area contributed by atoms with Crippen LogP contribution in [0.3, 0.4) is 0 Å². The van der Waals surface area contributed by atoms with E-state index in [2.05, 4.69) is 15.5 Å². The van der Waals surface area contributed by atoms with E-state index < -0.39 is 0 Å². The second-order valence-corrected chi connectivity index (χ2v) is 4.98. The number of halogens is 1. The van der Waals surface area contributed by atoms with E-state index in [-0.39, 0.29) is 5.82 Å². The van der Waals surface area contributed by atoms with Gasteiger partial charge in [-0.2, -0.15) is 0 Å². The molecular formula is C13H16FN5O. The minimum absolute atomic E-state index is 0.331. The predicted molar refractivity (Wildman–Crippen MR) is 71.2 cm³/mol. The van der Waals surface area contributed by atoms with Crippen LogP contribution in [-0.4, -0.2) is 33.4 Å². The van der Waals surface area contributed by atoms with Crippen molar-refractivity contribution in [3.63, 3.8) is 0 Å². The fraction of sp³-hybridized carbons (Fsp3) is 0.462. The molecule has 0 bridgehead atoms. The number of nitrogens with two attached hydrogens (primary N) is 1. The molecule has 0 amide bonds. The van der Waals surface area contributed by atoms with Crippen molar-refractivity contribution in [2.45, 2.75) is 19.4 Å². The number of nitrogens with zero attached hydrogens (tertiary/aromatic N) is 4. The van der Waals surface area contributed by atoms with Gasteiger partial charge in [-0.05, 0) is 47.4 Å². The largest absolute Gasteiger partial charge is 0.399 e. The zero-order valence-electron chi connectivity index (χ0n) is 11.0. The smallest absolute Gasteiger partial charge is 0.185 e. The maximum absolute atomic E-state index is 13.9. The normalized spacial score (nSPS) is 18.6. The van der Waals surface area contributed by atoms with E-state index >= 15 is 0 Å². The van der Waals surface area contributed by atoms with E-state index in [4.69, 9.17) is 10.5 Å². The minimum Gasteiger partial charge on any atom is -0.399 e. The van der Waals surface area contributed by atoms with Crippen molar-refractivity contribution in [2.24, 2.45) is 5.92 Å². The van der Waals surface area contributed by atoms with Crippen LogP contribution in [0.15, 0.2) is 18.2 Å². The molecule has 3 rings (SSSR count). The molecule has 1 unspecified atom stereocenters. The standard InChI is InChI=1S/C13H16FN5O/c14-12-2-1-10(15)7-11(12)13-16-17-18-19(13)5-3-9-4-6-20-8-9/h1-2,7,9H,3-6,8,15H2. The lowest BCUT2D eigenvalue weighted by atomic mass is 10.1. The predicted octanol–water partition coefficient (Wildman–Crippen LogP) is 1.49. The summed E-state index contributed by atoms with van der Waals surface area (Å²) in [5.74, 6) is 0.561. The average molecular weight is 277 g/mol. The summed E-state index contributed by atoms with van der Waals surface area (Å²) >= 11 is 0. The summed E-state index contributed by atoms with van der Waals surface area (Å²) in [6.07, 6.45) is 1.98. The van der Waals surface area contributed by atoms with Crippen LogP contribution in [0.25, 0.3) is 11.4 Å². The molecule has 0 spiro atoms. The van der Waals surface area contributed by atoms with Crippen LogP contribution in [0.5, 0.6) is 0 Å². The van der Waals surface area contributed by atoms with Gasteiger partial charge in [0.25, 0.3) is 0 Å². The number of rotatable bonds is 4. The maximum Gasteiger partial charge on any atom is 0.185 e. The Bertz CT molecular complexity index is 594. The molecule has 0 aliphatic carbocycles. The molecule has 2 heterocycles. The Kier molecular flexibility index (Phi) is 3.60. The summed E-state index contributed by atoms with van der Waals surface area (Å²) in [6, 6.07) is 4.40. The highest BCUT2D eigenvalue weighted by Crippen LogP contribution is 2.24. The Morgan fingerprint density at radius 1 is 1.45 bits per heavy atom. The lowest BCUT2D eigenvalue weighted by Gasteiger charge is -2.09. The summed E-state index contributed by atoms with van der Waals surface area (Å²) in [5, 5.41) is 11.5. The molecule has 2 N–H and O–H groups in total. The molecule has 1 saturated heterocycles. The molecule has 2 aromatic rings. The lowest BCUT2D eigenvalue weighted by Crippen LogP contribution is -2.09. The molecule has 6 nitrogen and oxygen atoms in total. The molecule has 1 fully saturated rings. The fourth-order valence-corrected chi connectivity index (χ4v) is 2.38. The van der Waals surface area contributed by atoms with Gasteiger partial charge in [0.15, 0.2) is 5.82 Å². The number of hydrogen-bond acceptors (Lipinski definition) is 5. The van der Waals surface area contributed by atoms with Crippen molar-refractivity contribution in [2.75, 3.05) is 18.9 Å². The highest BCUT2D eigenvalue weighted by Gasteiger charge is 2.18. The number of nitrogen functional groups attached to an aromatic ring is 1. The number of ether oxygens (including phenoxy) is 1.